The summed E-state index contributed by atoms with van der Waals surface area (Å²) in [6.45, 7) is 5.66. The number of benzene rings is 1. The number of nitrogens with zero attached hydrogens (tertiary/aromatic N) is 3. The summed E-state index contributed by atoms with van der Waals surface area (Å²) in [6.07, 6.45) is 2.07. The van der Waals surface area contributed by atoms with Gasteiger partial charge in [0, 0.05) is 18.5 Å². The number of aryl methyl sites for hydroxylation is 1. The Morgan fingerprint density at radius 1 is 1.23 bits per heavy atom. The molecule has 1 aromatic carbocycles. The zero-order valence-corrected chi connectivity index (χ0v) is 13.1. The molecule has 0 saturated carbocycles. The highest BCUT2D eigenvalue weighted by molar-refractivity contribution is 5.83. The Hall–Kier alpha value is -2.17. The Balaban J connectivity index is 1.86. The SMILES string of the molecule is Cc1nn(CC(=O)N2CCC(C)CC2)c(=O)c2ccccc12. The molecular weight excluding hydrogens is 278 g/mol. The maximum Gasteiger partial charge on any atom is 0.275 e. The maximum atomic E-state index is 12.5. The molecule has 0 aliphatic carbocycles. The first-order valence-corrected chi connectivity index (χ1v) is 7.80. The molecule has 1 amide bonds. The fourth-order valence-electron chi connectivity index (χ4n) is 3.00. The zero-order valence-electron chi connectivity index (χ0n) is 13.1. The van der Waals surface area contributed by atoms with Gasteiger partial charge in [0.25, 0.3) is 5.56 Å². The first-order valence-electron chi connectivity index (χ1n) is 7.80. The molecule has 22 heavy (non-hydrogen) atoms. The first kappa shape index (κ1) is 14.8. The van der Waals surface area contributed by atoms with Crippen molar-refractivity contribution in [3.63, 3.8) is 0 Å². The van der Waals surface area contributed by atoms with E-state index in [0.29, 0.717) is 11.3 Å². The molecule has 1 fully saturated rings. The van der Waals surface area contributed by atoms with Crippen LogP contribution in [0.25, 0.3) is 10.8 Å². The van der Waals surface area contributed by atoms with Gasteiger partial charge >= 0.3 is 0 Å². The summed E-state index contributed by atoms with van der Waals surface area (Å²) in [5.74, 6) is 0.656. The average molecular weight is 299 g/mol. The van der Waals surface area contributed by atoms with Gasteiger partial charge in [0.1, 0.15) is 6.54 Å². The van der Waals surface area contributed by atoms with Crippen LogP contribution in [0.5, 0.6) is 0 Å². The van der Waals surface area contributed by atoms with Crippen LogP contribution in [0.15, 0.2) is 29.1 Å². The Labute approximate surface area is 129 Å². The second kappa shape index (κ2) is 5.91. The van der Waals surface area contributed by atoms with E-state index < -0.39 is 0 Å². The van der Waals surface area contributed by atoms with Crippen LogP contribution in [0.4, 0.5) is 0 Å². The van der Waals surface area contributed by atoms with E-state index in [2.05, 4.69) is 12.0 Å². The molecule has 5 heteroatoms. The predicted molar refractivity (Wildman–Crippen MR) is 85.7 cm³/mol. The molecule has 0 atom stereocenters. The lowest BCUT2D eigenvalue weighted by Crippen LogP contribution is -2.41. The van der Waals surface area contributed by atoms with Crippen molar-refractivity contribution in [1.82, 2.24) is 14.7 Å². The summed E-state index contributed by atoms with van der Waals surface area (Å²) in [4.78, 5) is 26.7. The number of amides is 1. The summed E-state index contributed by atoms with van der Waals surface area (Å²) in [5.41, 5.74) is 0.579. The molecule has 0 spiro atoms. The van der Waals surface area contributed by atoms with Gasteiger partial charge in [0.2, 0.25) is 5.91 Å². The lowest BCUT2D eigenvalue weighted by molar-refractivity contribution is -0.133. The Morgan fingerprint density at radius 3 is 2.55 bits per heavy atom. The fraction of sp³-hybridized carbons (Fsp3) is 0.471. The largest absolute Gasteiger partial charge is 0.341 e. The quantitative estimate of drug-likeness (QED) is 0.852. The highest BCUT2D eigenvalue weighted by atomic mass is 16.2. The lowest BCUT2D eigenvalue weighted by Gasteiger charge is -2.30. The molecule has 2 aromatic rings. The molecule has 1 aliphatic heterocycles. The predicted octanol–water partition coefficient (Wildman–Crippen LogP) is 1.96. The molecule has 116 valence electrons. The van der Waals surface area contributed by atoms with Gasteiger partial charge in [-0.15, -0.1) is 0 Å². The Bertz CT molecular complexity index is 758. The number of hydrogen-bond acceptors (Lipinski definition) is 3. The summed E-state index contributed by atoms with van der Waals surface area (Å²) < 4.78 is 1.30. The molecule has 0 bridgehead atoms. The maximum absolute atomic E-state index is 12.5. The number of hydrogen-bond donors (Lipinski definition) is 0. The molecule has 3 rings (SSSR count). The average Bonchev–Trinajstić information content (AvgIpc) is 2.53. The Kier molecular flexibility index (Phi) is 3.96. The van der Waals surface area contributed by atoms with Crippen molar-refractivity contribution in [3.8, 4) is 0 Å². The first-order chi connectivity index (χ1) is 10.6. The van der Waals surface area contributed by atoms with Crippen LogP contribution < -0.4 is 5.56 Å². The lowest BCUT2D eigenvalue weighted by atomic mass is 9.99. The number of piperidine rings is 1. The van der Waals surface area contributed by atoms with Crippen LogP contribution in [-0.2, 0) is 11.3 Å². The summed E-state index contributed by atoms with van der Waals surface area (Å²) >= 11 is 0. The van der Waals surface area contributed by atoms with Crippen LogP contribution in [0.1, 0.15) is 25.5 Å². The number of aromatic nitrogens is 2. The molecule has 0 N–H and O–H groups in total. The molecule has 1 saturated heterocycles. The van der Waals surface area contributed by atoms with Gasteiger partial charge in [-0.25, -0.2) is 4.68 Å². The van der Waals surface area contributed by atoms with Crippen molar-refractivity contribution in [2.45, 2.75) is 33.2 Å². The summed E-state index contributed by atoms with van der Waals surface area (Å²) in [7, 11) is 0. The Morgan fingerprint density at radius 2 is 1.86 bits per heavy atom. The van der Waals surface area contributed by atoms with E-state index in [-0.39, 0.29) is 18.0 Å². The van der Waals surface area contributed by atoms with Crippen LogP contribution in [0.2, 0.25) is 0 Å². The minimum Gasteiger partial charge on any atom is -0.341 e. The molecule has 0 unspecified atom stereocenters. The highest BCUT2D eigenvalue weighted by Crippen LogP contribution is 2.16. The minimum absolute atomic E-state index is 0.0174. The van der Waals surface area contributed by atoms with E-state index in [1.54, 1.807) is 6.07 Å². The number of carbonyl (C=O) groups excluding carboxylic acids is 1. The van der Waals surface area contributed by atoms with Crippen LogP contribution in [0.3, 0.4) is 0 Å². The van der Waals surface area contributed by atoms with Crippen molar-refractivity contribution in [1.29, 1.82) is 0 Å². The van der Waals surface area contributed by atoms with Gasteiger partial charge < -0.3 is 4.90 Å². The van der Waals surface area contributed by atoms with Crippen LogP contribution >= 0.6 is 0 Å². The number of carbonyl (C=O) groups is 1. The standard InChI is InChI=1S/C17H21N3O2/c1-12-7-9-19(10-8-12)16(21)11-20-17(22)15-6-4-3-5-14(15)13(2)18-20/h3-6,12H,7-11H2,1-2H3. The van der Waals surface area contributed by atoms with Crippen molar-refractivity contribution >= 4 is 16.7 Å². The van der Waals surface area contributed by atoms with Crippen LogP contribution in [0, 0.1) is 12.8 Å². The molecule has 0 radical (unpaired) electrons. The third kappa shape index (κ3) is 2.75. The van der Waals surface area contributed by atoms with Gasteiger partial charge in [0.05, 0.1) is 11.1 Å². The number of likely N-dealkylation sites (tertiary alicyclic amines) is 1. The number of rotatable bonds is 2. The molecular formula is C17H21N3O2. The van der Waals surface area contributed by atoms with Gasteiger partial charge in [-0.05, 0) is 31.7 Å². The van der Waals surface area contributed by atoms with Gasteiger partial charge in [-0.2, -0.15) is 5.10 Å². The molecule has 1 aliphatic rings. The van der Waals surface area contributed by atoms with Crippen molar-refractivity contribution in [3.05, 3.63) is 40.3 Å². The summed E-state index contributed by atoms with van der Waals surface area (Å²) in [5, 5.41) is 5.78. The molecule has 5 nitrogen and oxygen atoms in total. The zero-order chi connectivity index (χ0) is 15.7. The van der Waals surface area contributed by atoms with Gasteiger partial charge in [-0.3, -0.25) is 9.59 Å². The minimum atomic E-state index is -0.195. The van der Waals surface area contributed by atoms with E-state index in [4.69, 9.17) is 0 Å². The third-order valence-electron chi connectivity index (χ3n) is 4.47. The van der Waals surface area contributed by atoms with E-state index in [1.807, 2.05) is 30.0 Å². The van der Waals surface area contributed by atoms with E-state index in [0.717, 1.165) is 37.0 Å². The second-order valence-electron chi connectivity index (χ2n) is 6.16. The normalized spacial score (nSPS) is 16.2. The van der Waals surface area contributed by atoms with E-state index >= 15 is 0 Å². The topological polar surface area (TPSA) is 55.2 Å². The smallest absolute Gasteiger partial charge is 0.275 e. The van der Waals surface area contributed by atoms with Crippen LogP contribution in [-0.4, -0.2) is 33.7 Å². The molecule has 1 aromatic heterocycles. The van der Waals surface area contributed by atoms with Gasteiger partial charge in [-0.1, -0.05) is 25.1 Å². The fourth-order valence-corrected chi connectivity index (χ4v) is 3.00. The number of fused-ring (bicyclic) bond motifs is 1. The van der Waals surface area contributed by atoms with Crippen molar-refractivity contribution in [2.24, 2.45) is 5.92 Å². The summed E-state index contributed by atoms with van der Waals surface area (Å²) in [6, 6.07) is 7.40. The third-order valence-corrected chi connectivity index (χ3v) is 4.47. The molecule has 2 heterocycles. The second-order valence-corrected chi connectivity index (χ2v) is 6.16. The highest BCUT2D eigenvalue weighted by Gasteiger charge is 2.21. The monoisotopic (exact) mass is 299 g/mol. The van der Waals surface area contributed by atoms with Crippen molar-refractivity contribution < 1.29 is 4.79 Å². The van der Waals surface area contributed by atoms with E-state index in [9.17, 15) is 9.59 Å². The van der Waals surface area contributed by atoms with Gasteiger partial charge in [0.15, 0.2) is 0 Å². The van der Waals surface area contributed by atoms with Crippen molar-refractivity contribution in [2.75, 3.05) is 13.1 Å². The van der Waals surface area contributed by atoms with E-state index in [1.165, 1.54) is 4.68 Å².